The Hall–Kier alpha value is -3.99. The van der Waals surface area contributed by atoms with Crippen LogP contribution >= 0.6 is 0 Å². The Kier molecular flexibility index (Phi) is 7.78. The van der Waals surface area contributed by atoms with Crippen molar-refractivity contribution in [3.05, 3.63) is 47.3 Å². The van der Waals surface area contributed by atoms with E-state index in [2.05, 4.69) is 27.9 Å². The molecule has 11 nitrogen and oxygen atoms in total. The van der Waals surface area contributed by atoms with Gasteiger partial charge in [0.15, 0.2) is 5.65 Å². The van der Waals surface area contributed by atoms with E-state index in [-0.39, 0.29) is 18.2 Å². The molecule has 1 saturated carbocycles. The minimum Gasteiger partial charge on any atom is -0.466 e. The molecule has 206 valence electrons. The number of rotatable bonds is 8. The molecule has 0 spiro atoms. The number of aromatic nitrogens is 4. The van der Waals surface area contributed by atoms with Crippen molar-refractivity contribution < 1.29 is 19.4 Å². The molecule has 2 aromatic heterocycles. The fraction of sp³-hybridized carbons (Fsp3) is 0.464. The van der Waals surface area contributed by atoms with Crippen LogP contribution in [0.2, 0.25) is 0 Å². The summed E-state index contributed by atoms with van der Waals surface area (Å²) in [6, 6.07) is 6.75. The van der Waals surface area contributed by atoms with Crippen molar-refractivity contribution in [3.8, 4) is 11.3 Å². The van der Waals surface area contributed by atoms with Gasteiger partial charge in [-0.25, -0.2) is 19.3 Å². The molecule has 1 aromatic carbocycles. The number of carbonyl (C=O) groups excluding carboxylic acids is 2. The molecule has 4 N–H and O–H groups in total. The Labute approximate surface area is 227 Å². The molecule has 0 bridgehead atoms. The number of hydrogen-bond acceptors (Lipinski definition) is 8. The first-order valence-corrected chi connectivity index (χ1v) is 13.5. The van der Waals surface area contributed by atoms with E-state index in [0.29, 0.717) is 17.2 Å². The van der Waals surface area contributed by atoms with Gasteiger partial charge in [-0.3, -0.25) is 0 Å². The predicted molar refractivity (Wildman–Crippen MR) is 147 cm³/mol. The maximum Gasteiger partial charge on any atom is 0.337 e. The normalized spacial score (nSPS) is 21.4. The highest BCUT2D eigenvalue weighted by Gasteiger charge is 2.32. The van der Waals surface area contributed by atoms with Crippen LogP contribution in [0.25, 0.3) is 22.3 Å². The highest BCUT2D eigenvalue weighted by Crippen LogP contribution is 2.35. The van der Waals surface area contributed by atoms with Crippen LogP contribution in [0.15, 0.2) is 41.7 Å². The van der Waals surface area contributed by atoms with Crippen molar-refractivity contribution in [2.45, 2.75) is 70.6 Å². The van der Waals surface area contributed by atoms with Crippen LogP contribution < -0.4 is 16.0 Å². The molecule has 3 aromatic rings. The van der Waals surface area contributed by atoms with Crippen LogP contribution in [-0.4, -0.2) is 56.6 Å². The van der Waals surface area contributed by atoms with Crippen LogP contribution in [0.1, 0.15) is 70.0 Å². The van der Waals surface area contributed by atoms with Crippen molar-refractivity contribution in [2.75, 3.05) is 19.0 Å². The number of benzene rings is 1. The fourth-order valence-electron chi connectivity index (χ4n) is 5.31. The van der Waals surface area contributed by atoms with Crippen LogP contribution in [0, 0.1) is 0 Å². The molecule has 0 radical (unpaired) electrons. The Morgan fingerprint density at radius 3 is 2.64 bits per heavy atom. The van der Waals surface area contributed by atoms with Crippen LogP contribution in [0.4, 0.5) is 10.7 Å². The maximum atomic E-state index is 12.5. The van der Waals surface area contributed by atoms with Gasteiger partial charge in [0.2, 0.25) is 5.95 Å². The van der Waals surface area contributed by atoms with Crippen molar-refractivity contribution in [1.29, 1.82) is 0 Å². The van der Waals surface area contributed by atoms with E-state index >= 15 is 0 Å². The summed E-state index contributed by atoms with van der Waals surface area (Å²) in [4.78, 5) is 34.0. The Morgan fingerprint density at radius 1 is 1.21 bits per heavy atom. The summed E-state index contributed by atoms with van der Waals surface area (Å²) in [5.41, 5.74) is 3.96. The van der Waals surface area contributed by atoms with Crippen molar-refractivity contribution in [1.82, 2.24) is 30.4 Å². The highest BCUT2D eigenvalue weighted by molar-refractivity contribution is 5.95. The second kappa shape index (κ2) is 11.4. The number of aliphatic hydroxyl groups excluding tert-OH is 1. The molecule has 0 saturated heterocycles. The van der Waals surface area contributed by atoms with Gasteiger partial charge in [0.25, 0.3) is 0 Å². The summed E-state index contributed by atoms with van der Waals surface area (Å²) < 4.78 is 6.95. The minimum atomic E-state index is -0.636. The highest BCUT2D eigenvalue weighted by atomic mass is 16.5. The van der Waals surface area contributed by atoms with E-state index in [9.17, 15) is 14.7 Å². The van der Waals surface area contributed by atoms with E-state index in [1.165, 1.54) is 7.11 Å². The molecule has 39 heavy (non-hydrogen) atoms. The smallest absolute Gasteiger partial charge is 0.337 e. The second-order valence-corrected chi connectivity index (χ2v) is 10.2. The minimum absolute atomic E-state index is 0.142. The molecule has 2 amide bonds. The van der Waals surface area contributed by atoms with Gasteiger partial charge in [0, 0.05) is 24.0 Å². The number of urea groups is 1. The summed E-state index contributed by atoms with van der Waals surface area (Å²) in [6.45, 7) is 4.62. The van der Waals surface area contributed by atoms with Crippen LogP contribution in [0.3, 0.4) is 0 Å². The number of allylic oxidation sites excluding steroid dienone is 1. The number of amides is 2. The van der Waals surface area contributed by atoms with Gasteiger partial charge in [0.05, 0.1) is 36.3 Å². The number of nitrogens with one attached hydrogen (secondary N) is 3. The van der Waals surface area contributed by atoms with E-state index in [0.717, 1.165) is 72.9 Å². The van der Waals surface area contributed by atoms with Gasteiger partial charge in [-0.15, -0.1) is 0 Å². The van der Waals surface area contributed by atoms with Crippen molar-refractivity contribution in [2.24, 2.45) is 0 Å². The zero-order valence-electron chi connectivity index (χ0n) is 22.5. The SMILES string of the molecule is CCCCNc1ncc2c(-c3ccc(C4NC(=O)NC(C)=C4C(=O)OC)cc3)nn(C3CCC(O)CC3)c2n1. The van der Waals surface area contributed by atoms with Gasteiger partial charge in [0.1, 0.15) is 5.69 Å². The molecular weight excluding hydrogens is 498 g/mol. The number of methoxy groups -OCH3 is 1. The van der Waals surface area contributed by atoms with Crippen LogP contribution in [-0.2, 0) is 9.53 Å². The lowest BCUT2D eigenvalue weighted by Crippen LogP contribution is -2.45. The summed E-state index contributed by atoms with van der Waals surface area (Å²) in [5, 5.41) is 24.7. The number of ether oxygens (including phenoxy) is 1. The summed E-state index contributed by atoms with van der Waals surface area (Å²) in [6.07, 6.45) is 6.79. The average Bonchev–Trinajstić information content (AvgIpc) is 3.32. The van der Waals surface area contributed by atoms with Gasteiger partial charge in [-0.05, 0) is 44.6 Å². The monoisotopic (exact) mass is 533 g/mol. The summed E-state index contributed by atoms with van der Waals surface area (Å²) in [5.74, 6) is 0.0749. The Bertz CT molecular complexity index is 1390. The lowest BCUT2D eigenvalue weighted by Gasteiger charge is -2.27. The standard InChI is InChI=1S/C28H35N7O4/c1-4-5-14-29-27-30-15-21-23(34-35(25(21)33-27)19-10-12-20(36)13-11-19)17-6-8-18(9-7-17)24-22(26(37)39-3)16(2)31-28(38)32-24/h6-9,15,19-20,24,36H,4-5,10-14H2,1-3H3,(H,29,30,33)(H2,31,32,38). The number of anilines is 1. The largest absolute Gasteiger partial charge is 0.466 e. The number of carbonyl (C=O) groups is 2. The topological polar surface area (TPSA) is 143 Å². The van der Waals surface area contributed by atoms with Gasteiger partial charge in [-0.1, -0.05) is 37.6 Å². The quantitative estimate of drug-likeness (QED) is 0.251. The van der Waals surface area contributed by atoms with Crippen LogP contribution in [0.5, 0.6) is 0 Å². The van der Waals surface area contributed by atoms with E-state index in [1.807, 2.05) is 35.1 Å². The van der Waals surface area contributed by atoms with E-state index in [4.69, 9.17) is 14.8 Å². The van der Waals surface area contributed by atoms with Crippen molar-refractivity contribution >= 4 is 29.0 Å². The molecule has 3 heterocycles. The van der Waals surface area contributed by atoms with Gasteiger partial charge < -0.3 is 25.8 Å². The maximum absolute atomic E-state index is 12.5. The van der Waals surface area contributed by atoms with Crippen molar-refractivity contribution in [3.63, 3.8) is 0 Å². The predicted octanol–water partition coefficient (Wildman–Crippen LogP) is 3.98. The van der Waals surface area contributed by atoms with E-state index in [1.54, 1.807) is 6.92 Å². The second-order valence-electron chi connectivity index (χ2n) is 10.2. The molecule has 2 aliphatic rings. The molecule has 1 aliphatic heterocycles. The number of fused-ring (bicyclic) bond motifs is 1. The molecule has 1 unspecified atom stereocenters. The lowest BCUT2D eigenvalue weighted by atomic mass is 9.93. The van der Waals surface area contributed by atoms with Gasteiger partial charge in [-0.2, -0.15) is 10.1 Å². The van der Waals surface area contributed by atoms with Gasteiger partial charge >= 0.3 is 12.0 Å². The number of aliphatic hydroxyl groups is 1. The molecule has 11 heteroatoms. The Morgan fingerprint density at radius 2 is 1.95 bits per heavy atom. The Balaban J connectivity index is 1.51. The molecule has 1 atom stereocenters. The third kappa shape index (κ3) is 5.44. The molecular formula is C28H35N7O4. The summed E-state index contributed by atoms with van der Waals surface area (Å²) in [7, 11) is 1.32. The average molecular weight is 534 g/mol. The number of unbranched alkanes of at least 4 members (excludes halogenated alkanes) is 1. The third-order valence-electron chi connectivity index (χ3n) is 7.47. The fourth-order valence-corrected chi connectivity index (χ4v) is 5.31. The molecule has 1 aliphatic carbocycles. The number of esters is 1. The first-order chi connectivity index (χ1) is 18.9. The summed E-state index contributed by atoms with van der Waals surface area (Å²) >= 11 is 0. The lowest BCUT2D eigenvalue weighted by molar-refractivity contribution is -0.136. The zero-order valence-corrected chi connectivity index (χ0v) is 22.5. The molecule has 1 fully saturated rings. The zero-order chi connectivity index (χ0) is 27.5. The first kappa shape index (κ1) is 26.6. The first-order valence-electron chi connectivity index (χ1n) is 13.5. The van der Waals surface area contributed by atoms with E-state index < -0.39 is 12.0 Å². The molecule has 5 rings (SSSR count). The number of hydrogen-bond donors (Lipinski definition) is 4. The third-order valence-corrected chi connectivity index (χ3v) is 7.47. The number of nitrogens with zero attached hydrogens (tertiary/aromatic N) is 4.